The summed E-state index contributed by atoms with van der Waals surface area (Å²) in [6, 6.07) is 16.0. The largest absolute Gasteiger partial charge is 0.365 e. The molecule has 3 nitrogen and oxygen atoms in total. The van der Waals surface area contributed by atoms with E-state index >= 15 is 0 Å². The molecule has 0 aliphatic rings. The zero-order valence-corrected chi connectivity index (χ0v) is 12.8. The van der Waals surface area contributed by atoms with Crippen LogP contribution in [0.25, 0.3) is 10.9 Å². The molecule has 0 aliphatic heterocycles. The van der Waals surface area contributed by atoms with E-state index in [1.54, 1.807) is 0 Å². The van der Waals surface area contributed by atoms with Gasteiger partial charge in [0.2, 0.25) is 5.28 Å². The number of hydrogen-bond donors (Lipinski definition) is 1. The van der Waals surface area contributed by atoms with Crippen molar-refractivity contribution < 1.29 is 0 Å². The lowest BCUT2D eigenvalue weighted by Gasteiger charge is -2.09. The number of fused-ring (bicyclic) bond motifs is 1. The monoisotopic (exact) mass is 347 g/mol. The summed E-state index contributed by atoms with van der Waals surface area (Å²) in [5.41, 5.74) is 2.00. The summed E-state index contributed by atoms with van der Waals surface area (Å²) in [6.07, 6.45) is 0. The number of aromatic nitrogens is 2. The number of hydrogen-bond acceptors (Lipinski definition) is 3. The first-order valence-electron chi connectivity index (χ1n) is 6.13. The molecule has 100 valence electrons. The van der Waals surface area contributed by atoms with Gasteiger partial charge in [0, 0.05) is 16.4 Å². The molecule has 0 bridgehead atoms. The fourth-order valence-corrected chi connectivity index (χ4v) is 2.52. The first kappa shape index (κ1) is 13.3. The van der Waals surface area contributed by atoms with Crippen LogP contribution in [0.2, 0.25) is 5.28 Å². The zero-order valence-electron chi connectivity index (χ0n) is 10.5. The first-order chi connectivity index (χ1) is 9.72. The number of nitrogens with zero attached hydrogens (tertiary/aromatic N) is 2. The van der Waals surface area contributed by atoms with Gasteiger partial charge in [0.05, 0.1) is 5.52 Å². The highest BCUT2D eigenvalue weighted by Crippen LogP contribution is 2.25. The van der Waals surface area contributed by atoms with Crippen molar-refractivity contribution in [3.8, 4) is 0 Å². The molecule has 0 atom stereocenters. The molecule has 0 aliphatic carbocycles. The van der Waals surface area contributed by atoms with E-state index in [-0.39, 0.29) is 5.28 Å². The summed E-state index contributed by atoms with van der Waals surface area (Å²) < 4.78 is 0.966. The van der Waals surface area contributed by atoms with Gasteiger partial charge in [0.1, 0.15) is 5.82 Å². The lowest BCUT2D eigenvalue weighted by Crippen LogP contribution is -2.03. The lowest BCUT2D eigenvalue weighted by atomic mass is 10.2. The Morgan fingerprint density at radius 1 is 1.05 bits per heavy atom. The predicted molar refractivity (Wildman–Crippen MR) is 86.0 cm³/mol. The summed E-state index contributed by atoms with van der Waals surface area (Å²) in [5, 5.41) is 4.51. The highest BCUT2D eigenvalue weighted by molar-refractivity contribution is 9.10. The Morgan fingerprint density at radius 2 is 1.85 bits per heavy atom. The molecule has 1 aromatic heterocycles. The summed E-state index contributed by atoms with van der Waals surface area (Å²) in [5.74, 6) is 0.747. The third-order valence-corrected chi connectivity index (χ3v) is 3.60. The molecular formula is C15H11BrClN3. The van der Waals surface area contributed by atoms with Gasteiger partial charge in [-0.15, -0.1) is 0 Å². The standard InChI is InChI=1S/C15H11BrClN3/c16-11-6-7-12-13(8-11)19-15(17)20-14(12)18-9-10-4-2-1-3-5-10/h1-8H,9H2,(H,18,19,20). The second kappa shape index (κ2) is 5.77. The Balaban J connectivity index is 1.94. The average molecular weight is 349 g/mol. The Morgan fingerprint density at radius 3 is 2.65 bits per heavy atom. The van der Waals surface area contributed by atoms with Gasteiger partial charge in [0.25, 0.3) is 0 Å². The molecule has 1 heterocycles. The molecule has 2 aromatic carbocycles. The number of anilines is 1. The van der Waals surface area contributed by atoms with Gasteiger partial charge >= 0.3 is 0 Å². The summed E-state index contributed by atoms with van der Waals surface area (Å²) in [7, 11) is 0. The van der Waals surface area contributed by atoms with Crippen LogP contribution < -0.4 is 5.32 Å². The summed E-state index contributed by atoms with van der Waals surface area (Å²) in [4.78, 5) is 8.51. The fraction of sp³-hybridized carbons (Fsp3) is 0.0667. The van der Waals surface area contributed by atoms with Gasteiger partial charge < -0.3 is 5.32 Å². The van der Waals surface area contributed by atoms with E-state index in [9.17, 15) is 0 Å². The van der Waals surface area contributed by atoms with Crippen LogP contribution in [0.4, 0.5) is 5.82 Å². The van der Waals surface area contributed by atoms with Gasteiger partial charge in [-0.3, -0.25) is 0 Å². The lowest BCUT2D eigenvalue weighted by molar-refractivity contribution is 1.10. The van der Waals surface area contributed by atoms with Crippen molar-refractivity contribution in [1.82, 2.24) is 9.97 Å². The third kappa shape index (κ3) is 2.92. The van der Waals surface area contributed by atoms with Crippen molar-refractivity contribution in [1.29, 1.82) is 0 Å². The normalized spacial score (nSPS) is 10.7. The maximum absolute atomic E-state index is 5.98. The maximum atomic E-state index is 5.98. The zero-order chi connectivity index (χ0) is 13.9. The summed E-state index contributed by atoms with van der Waals surface area (Å²) in [6.45, 7) is 0.694. The van der Waals surface area contributed by atoms with Crippen molar-refractivity contribution in [2.75, 3.05) is 5.32 Å². The number of halogens is 2. The topological polar surface area (TPSA) is 37.8 Å². The van der Waals surface area contributed by atoms with Crippen LogP contribution in [0.5, 0.6) is 0 Å². The van der Waals surface area contributed by atoms with Crippen molar-refractivity contribution in [3.63, 3.8) is 0 Å². The smallest absolute Gasteiger partial charge is 0.224 e. The minimum Gasteiger partial charge on any atom is -0.365 e. The van der Waals surface area contributed by atoms with E-state index in [4.69, 9.17) is 11.6 Å². The van der Waals surface area contributed by atoms with Crippen molar-refractivity contribution in [2.24, 2.45) is 0 Å². The second-order valence-corrected chi connectivity index (χ2v) is 5.60. The molecule has 3 aromatic rings. The molecule has 0 radical (unpaired) electrons. The average Bonchev–Trinajstić information content (AvgIpc) is 2.45. The molecule has 0 spiro atoms. The van der Waals surface area contributed by atoms with Gasteiger partial charge in [-0.1, -0.05) is 46.3 Å². The van der Waals surface area contributed by atoms with Crippen LogP contribution in [0, 0.1) is 0 Å². The Kier molecular flexibility index (Phi) is 3.85. The minimum absolute atomic E-state index is 0.242. The molecular weight excluding hydrogens is 338 g/mol. The Labute approximate surface area is 130 Å². The molecule has 3 rings (SSSR count). The maximum Gasteiger partial charge on any atom is 0.224 e. The van der Waals surface area contributed by atoms with Crippen LogP contribution in [0.1, 0.15) is 5.56 Å². The molecule has 0 saturated carbocycles. The molecule has 0 saturated heterocycles. The molecule has 5 heteroatoms. The van der Waals surface area contributed by atoms with Crippen molar-refractivity contribution >= 4 is 44.3 Å². The molecule has 20 heavy (non-hydrogen) atoms. The van der Waals surface area contributed by atoms with Crippen molar-refractivity contribution in [3.05, 3.63) is 63.9 Å². The van der Waals surface area contributed by atoms with Crippen molar-refractivity contribution in [2.45, 2.75) is 6.54 Å². The van der Waals surface area contributed by atoms with Gasteiger partial charge in [-0.25, -0.2) is 9.97 Å². The van der Waals surface area contributed by atoms with Crippen LogP contribution >= 0.6 is 27.5 Å². The van der Waals surface area contributed by atoms with E-state index in [0.717, 1.165) is 21.2 Å². The Hall–Kier alpha value is -1.65. The van der Waals surface area contributed by atoms with E-state index in [2.05, 4.69) is 43.3 Å². The van der Waals surface area contributed by atoms with Crippen LogP contribution in [-0.2, 0) is 6.54 Å². The van der Waals surface area contributed by atoms with E-state index in [1.165, 1.54) is 5.56 Å². The second-order valence-electron chi connectivity index (χ2n) is 4.34. The fourth-order valence-electron chi connectivity index (χ4n) is 1.99. The van der Waals surface area contributed by atoms with Crippen LogP contribution in [-0.4, -0.2) is 9.97 Å². The van der Waals surface area contributed by atoms with Gasteiger partial charge in [0.15, 0.2) is 0 Å². The minimum atomic E-state index is 0.242. The highest BCUT2D eigenvalue weighted by Gasteiger charge is 2.07. The molecule has 0 unspecified atom stereocenters. The highest BCUT2D eigenvalue weighted by atomic mass is 79.9. The number of benzene rings is 2. The predicted octanol–water partition coefficient (Wildman–Crippen LogP) is 4.66. The molecule has 1 N–H and O–H groups in total. The number of rotatable bonds is 3. The van der Waals surface area contributed by atoms with Crippen LogP contribution in [0.15, 0.2) is 53.0 Å². The SMILES string of the molecule is Clc1nc(NCc2ccccc2)c2ccc(Br)cc2n1. The Bertz CT molecular complexity index is 741. The summed E-state index contributed by atoms with van der Waals surface area (Å²) >= 11 is 9.41. The van der Waals surface area contributed by atoms with Gasteiger partial charge in [-0.2, -0.15) is 0 Å². The first-order valence-corrected chi connectivity index (χ1v) is 7.30. The van der Waals surface area contributed by atoms with E-state index in [1.807, 2.05) is 36.4 Å². The number of nitrogens with one attached hydrogen (secondary N) is 1. The van der Waals surface area contributed by atoms with E-state index < -0.39 is 0 Å². The molecule has 0 fully saturated rings. The van der Waals surface area contributed by atoms with Crippen LogP contribution in [0.3, 0.4) is 0 Å². The quantitative estimate of drug-likeness (QED) is 0.700. The molecule has 0 amide bonds. The third-order valence-electron chi connectivity index (χ3n) is 2.93. The van der Waals surface area contributed by atoms with Gasteiger partial charge in [-0.05, 0) is 35.4 Å². The van der Waals surface area contributed by atoms with E-state index in [0.29, 0.717) is 6.54 Å².